The summed E-state index contributed by atoms with van der Waals surface area (Å²) in [5.74, 6) is 0.854. The number of aryl methyl sites for hydroxylation is 1. The summed E-state index contributed by atoms with van der Waals surface area (Å²) in [6.45, 7) is 9.32. The van der Waals surface area contributed by atoms with Crippen molar-refractivity contribution < 1.29 is 4.74 Å². The molecule has 0 bridgehead atoms. The molecule has 0 aliphatic carbocycles. The van der Waals surface area contributed by atoms with E-state index >= 15 is 0 Å². The number of aromatic nitrogens is 2. The van der Waals surface area contributed by atoms with Crippen molar-refractivity contribution in [3.8, 4) is 5.75 Å². The lowest BCUT2D eigenvalue weighted by Crippen LogP contribution is -2.30. The smallest absolute Gasteiger partial charge is 0.160 e. The number of nitrogens with two attached hydrogens (primary N) is 1. The Labute approximate surface area is 97.8 Å². The first-order valence-corrected chi connectivity index (χ1v) is 5.78. The summed E-state index contributed by atoms with van der Waals surface area (Å²) in [6, 6.07) is 0.167. The molecule has 0 aromatic carbocycles. The van der Waals surface area contributed by atoms with Crippen molar-refractivity contribution >= 4 is 0 Å². The Balaban J connectivity index is 3.12. The van der Waals surface area contributed by atoms with E-state index in [1.54, 1.807) is 13.3 Å². The maximum absolute atomic E-state index is 5.90. The summed E-state index contributed by atoms with van der Waals surface area (Å²) in [6.07, 6.45) is 2.69. The first-order valence-electron chi connectivity index (χ1n) is 5.78. The van der Waals surface area contributed by atoms with E-state index in [1.165, 1.54) is 0 Å². The van der Waals surface area contributed by atoms with Gasteiger partial charge in [-0.05, 0) is 20.3 Å². The summed E-state index contributed by atoms with van der Waals surface area (Å²) in [5, 5.41) is 4.33. The van der Waals surface area contributed by atoms with Crippen molar-refractivity contribution in [1.29, 1.82) is 0 Å². The number of nitrogens with zero attached hydrogens (tertiary/aromatic N) is 2. The van der Waals surface area contributed by atoms with Gasteiger partial charge in [-0.3, -0.25) is 4.68 Å². The van der Waals surface area contributed by atoms with E-state index in [9.17, 15) is 0 Å². The van der Waals surface area contributed by atoms with Gasteiger partial charge in [0, 0.05) is 18.0 Å². The quantitative estimate of drug-likeness (QED) is 0.833. The van der Waals surface area contributed by atoms with Gasteiger partial charge in [-0.25, -0.2) is 0 Å². The highest BCUT2D eigenvalue weighted by atomic mass is 16.5. The van der Waals surface area contributed by atoms with E-state index in [0.717, 1.165) is 24.4 Å². The van der Waals surface area contributed by atoms with E-state index < -0.39 is 0 Å². The minimum atomic E-state index is -0.0218. The number of ether oxygens (including phenoxy) is 1. The van der Waals surface area contributed by atoms with Crippen LogP contribution in [0.5, 0.6) is 5.75 Å². The van der Waals surface area contributed by atoms with Crippen LogP contribution in [-0.4, -0.2) is 22.9 Å². The van der Waals surface area contributed by atoms with Crippen LogP contribution in [-0.2, 0) is 12.0 Å². The zero-order valence-corrected chi connectivity index (χ0v) is 10.9. The molecule has 92 valence electrons. The summed E-state index contributed by atoms with van der Waals surface area (Å²) < 4.78 is 7.36. The van der Waals surface area contributed by atoms with E-state index in [1.807, 2.05) is 11.6 Å². The second-order valence-corrected chi connectivity index (χ2v) is 4.94. The molecule has 1 heterocycles. The van der Waals surface area contributed by atoms with Gasteiger partial charge in [-0.15, -0.1) is 0 Å². The van der Waals surface area contributed by atoms with E-state index in [2.05, 4.69) is 25.9 Å². The average molecular weight is 225 g/mol. The zero-order valence-electron chi connectivity index (χ0n) is 10.9. The third kappa shape index (κ3) is 2.55. The average Bonchev–Trinajstić information content (AvgIpc) is 2.58. The Bertz CT molecular complexity index is 321. The second-order valence-electron chi connectivity index (χ2n) is 4.94. The molecular weight excluding hydrogens is 202 g/mol. The second kappa shape index (κ2) is 4.87. The molecule has 1 aromatic heterocycles. The normalized spacial score (nSPS) is 13.9. The minimum Gasteiger partial charge on any atom is -0.493 e. The van der Waals surface area contributed by atoms with Crippen molar-refractivity contribution in [3.05, 3.63) is 11.9 Å². The van der Waals surface area contributed by atoms with Crippen molar-refractivity contribution in [3.63, 3.8) is 0 Å². The molecular formula is C12H23N3O. The first-order chi connectivity index (χ1) is 7.42. The Morgan fingerprint density at radius 1 is 1.56 bits per heavy atom. The lowest BCUT2D eigenvalue weighted by molar-refractivity contribution is 0.358. The highest BCUT2D eigenvalue weighted by Gasteiger charge is 2.29. The van der Waals surface area contributed by atoms with E-state index in [0.29, 0.717) is 0 Å². The lowest BCUT2D eigenvalue weighted by Gasteiger charge is -2.28. The van der Waals surface area contributed by atoms with Gasteiger partial charge < -0.3 is 10.5 Å². The van der Waals surface area contributed by atoms with Gasteiger partial charge in [0.25, 0.3) is 0 Å². The Kier molecular flexibility index (Phi) is 3.97. The molecule has 0 saturated carbocycles. The summed E-state index contributed by atoms with van der Waals surface area (Å²) in [5.41, 5.74) is 7.01. The molecule has 0 fully saturated rings. The third-order valence-electron chi connectivity index (χ3n) is 2.80. The van der Waals surface area contributed by atoms with Crippen LogP contribution in [0.15, 0.2) is 6.20 Å². The third-order valence-corrected chi connectivity index (χ3v) is 2.80. The predicted octanol–water partition coefficient (Wildman–Crippen LogP) is 1.93. The number of methoxy groups -OCH3 is 1. The van der Waals surface area contributed by atoms with Crippen LogP contribution in [0.2, 0.25) is 0 Å². The van der Waals surface area contributed by atoms with Crippen LogP contribution < -0.4 is 10.5 Å². The van der Waals surface area contributed by atoms with Crippen molar-refractivity contribution in [1.82, 2.24) is 9.78 Å². The minimum absolute atomic E-state index is 0.0218. The molecule has 0 aliphatic heterocycles. The largest absolute Gasteiger partial charge is 0.493 e. The number of hydrogen-bond acceptors (Lipinski definition) is 3. The first kappa shape index (κ1) is 13.0. The highest BCUT2D eigenvalue weighted by Crippen LogP contribution is 2.34. The molecule has 16 heavy (non-hydrogen) atoms. The fourth-order valence-corrected chi connectivity index (χ4v) is 2.34. The molecule has 0 saturated heterocycles. The molecule has 0 aliphatic rings. The summed E-state index contributed by atoms with van der Waals surface area (Å²) in [4.78, 5) is 0. The van der Waals surface area contributed by atoms with E-state index in [4.69, 9.17) is 10.5 Å². The van der Waals surface area contributed by atoms with Crippen molar-refractivity contribution in [2.24, 2.45) is 5.73 Å². The van der Waals surface area contributed by atoms with Crippen LogP contribution in [0.3, 0.4) is 0 Å². The van der Waals surface area contributed by atoms with Crippen molar-refractivity contribution in [2.75, 3.05) is 7.11 Å². The summed E-state index contributed by atoms with van der Waals surface area (Å²) >= 11 is 0. The number of rotatable bonds is 5. The maximum Gasteiger partial charge on any atom is 0.160 e. The molecule has 0 amide bonds. The molecule has 0 spiro atoms. The fourth-order valence-electron chi connectivity index (χ4n) is 2.34. The SMILES string of the molecule is CCn1ncc(OC)c1C(C)(C)CC(C)N. The lowest BCUT2D eigenvalue weighted by atomic mass is 9.82. The van der Waals surface area contributed by atoms with Gasteiger partial charge in [-0.2, -0.15) is 5.10 Å². The molecule has 2 N–H and O–H groups in total. The maximum atomic E-state index is 5.90. The molecule has 1 rings (SSSR count). The Morgan fingerprint density at radius 3 is 2.62 bits per heavy atom. The Hall–Kier alpha value is -1.03. The molecule has 0 radical (unpaired) electrons. The number of hydrogen-bond donors (Lipinski definition) is 1. The topological polar surface area (TPSA) is 53.1 Å². The van der Waals surface area contributed by atoms with Gasteiger partial charge in [0.05, 0.1) is 19.0 Å². The zero-order chi connectivity index (χ0) is 12.3. The van der Waals surface area contributed by atoms with Crippen LogP contribution in [0.4, 0.5) is 0 Å². The molecule has 1 unspecified atom stereocenters. The van der Waals surface area contributed by atoms with Crippen molar-refractivity contribution in [2.45, 2.75) is 52.1 Å². The van der Waals surface area contributed by atoms with Gasteiger partial charge in [0.2, 0.25) is 0 Å². The molecule has 4 nitrogen and oxygen atoms in total. The molecule has 4 heteroatoms. The van der Waals surface area contributed by atoms with Crippen LogP contribution in [0.1, 0.15) is 39.8 Å². The fraction of sp³-hybridized carbons (Fsp3) is 0.750. The van der Waals surface area contributed by atoms with Crippen LogP contribution in [0.25, 0.3) is 0 Å². The molecule has 1 aromatic rings. The van der Waals surface area contributed by atoms with E-state index in [-0.39, 0.29) is 11.5 Å². The standard InChI is InChI=1S/C12H23N3O/c1-6-15-11(10(16-5)8-14-15)12(3,4)7-9(2)13/h8-9H,6-7,13H2,1-5H3. The van der Waals surface area contributed by atoms with Crippen LogP contribution >= 0.6 is 0 Å². The predicted molar refractivity (Wildman–Crippen MR) is 65.7 cm³/mol. The van der Waals surface area contributed by atoms with Gasteiger partial charge in [0.1, 0.15) is 0 Å². The van der Waals surface area contributed by atoms with Crippen LogP contribution in [0, 0.1) is 0 Å². The summed E-state index contributed by atoms with van der Waals surface area (Å²) in [7, 11) is 1.68. The monoisotopic (exact) mass is 225 g/mol. The molecule has 1 atom stereocenters. The van der Waals surface area contributed by atoms with Gasteiger partial charge in [0.15, 0.2) is 5.75 Å². The van der Waals surface area contributed by atoms with Gasteiger partial charge in [-0.1, -0.05) is 13.8 Å². The highest BCUT2D eigenvalue weighted by molar-refractivity contribution is 5.32. The van der Waals surface area contributed by atoms with Gasteiger partial charge >= 0.3 is 0 Å². The Morgan fingerprint density at radius 2 is 2.19 bits per heavy atom.